The maximum Gasteiger partial charge on any atom is 0.306 e. The van der Waals surface area contributed by atoms with Gasteiger partial charge in [0.1, 0.15) is 6.61 Å². The molecule has 0 radical (unpaired) electrons. The number of rotatable bonds is 58. The van der Waals surface area contributed by atoms with E-state index in [2.05, 4.69) is 160 Å². The molecule has 0 aliphatic rings. The molecule has 0 saturated carbocycles. The van der Waals surface area contributed by atoms with E-state index in [4.69, 9.17) is 9.47 Å². The molecule has 1 N–H and O–H groups in total. The van der Waals surface area contributed by atoms with Gasteiger partial charge in [-0.2, -0.15) is 0 Å². The fraction of sp³-hybridized carbons (Fsp3) is 0.644. The summed E-state index contributed by atoms with van der Waals surface area (Å²) in [6.07, 6.45) is 101. The van der Waals surface area contributed by atoms with Gasteiger partial charge in [-0.3, -0.25) is 9.59 Å². The molecule has 1 atom stereocenters. The van der Waals surface area contributed by atoms with Gasteiger partial charge in [-0.1, -0.05) is 295 Å². The Kier molecular flexibility index (Phi) is 63.4. The molecular formula is C73H120O5. The van der Waals surface area contributed by atoms with E-state index < -0.39 is 6.10 Å². The monoisotopic (exact) mass is 1080 g/mol. The van der Waals surface area contributed by atoms with Crippen LogP contribution in [0.1, 0.15) is 284 Å². The summed E-state index contributed by atoms with van der Waals surface area (Å²) in [6, 6.07) is 0. The van der Waals surface area contributed by atoms with Gasteiger partial charge in [0.05, 0.1) is 6.61 Å². The van der Waals surface area contributed by atoms with E-state index >= 15 is 0 Å². The second kappa shape index (κ2) is 67.1. The first-order valence-electron chi connectivity index (χ1n) is 32.4. The molecule has 0 bridgehead atoms. The Balaban J connectivity index is 3.57. The SMILES string of the molecule is CC/C=C\C/C=C\C/C=C\C/C=C\C/C=C\C/C=C\C/C=C\C/C=C\C/C=C\CCCCCCCCCCCC(=O)OC(CO)COC(=O)CCCCCCCCCCCCCC/C=C\C/C=C\C/C=C\CCCCCCC. The summed E-state index contributed by atoms with van der Waals surface area (Å²) >= 11 is 0. The maximum atomic E-state index is 12.3. The Morgan fingerprint density at radius 3 is 0.833 bits per heavy atom. The third-order valence-electron chi connectivity index (χ3n) is 13.6. The van der Waals surface area contributed by atoms with Crippen LogP contribution in [0.15, 0.2) is 146 Å². The minimum atomic E-state index is -0.787. The van der Waals surface area contributed by atoms with Gasteiger partial charge < -0.3 is 14.6 Å². The van der Waals surface area contributed by atoms with Crippen LogP contribution in [0.5, 0.6) is 0 Å². The highest BCUT2D eigenvalue weighted by Crippen LogP contribution is 2.15. The topological polar surface area (TPSA) is 72.8 Å². The Morgan fingerprint density at radius 2 is 0.551 bits per heavy atom. The molecule has 5 heteroatoms. The van der Waals surface area contributed by atoms with Crippen molar-refractivity contribution < 1.29 is 24.2 Å². The standard InChI is InChI=1S/C73H120O5/c1-3-5-7-9-11-13-15-17-19-21-23-25-27-29-31-32-33-34-35-36-37-38-39-40-42-44-46-48-50-52-54-56-58-60-62-64-66-68-73(76)78-71(69-74)70-77-72(75)67-65-63-61-59-57-55-53-51-49-47-45-43-41-30-28-26-24-22-20-18-16-14-12-10-8-6-4-2/h5,7,11,13,16-19,22-25,28-31,33-34,36-37,39-40,44,46,71,74H,3-4,6,8-10,12,14-15,20-21,26-27,32,35,38,41-43,45,47-70H2,1-2H3/b7-5-,13-11-,18-16-,19-17-,24-22-,25-23-,30-28-,31-29-,34-33-,37-36-,40-39-,46-44-. The first-order chi connectivity index (χ1) is 38.6. The maximum absolute atomic E-state index is 12.3. The fourth-order valence-corrected chi connectivity index (χ4v) is 8.79. The highest BCUT2D eigenvalue weighted by atomic mass is 16.6. The van der Waals surface area contributed by atoms with E-state index in [1.54, 1.807) is 0 Å². The lowest BCUT2D eigenvalue weighted by Crippen LogP contribution is -2.28. The zero-order chi connectivity index (χ0) is 56.2. The van der Waals surface area contributed by atoms with E-state index in [1.165, 1.54) is 141 Å². The average Bonchev–Trinajstić information content (AvgIpc) is 3.44. The number of hydrogen-bond acceptors (Lipinski definition) is 5. The lowest BCUT2D eigenvalue weighted by molar-refractivity contribution is -0.161. The van der Waals surface area contributed by atoms with Crippen molar-refractivity contribution in [2.75, 3.05) is 13.2 Å². The van der Waals surface area contributed by atoms with E-state index in [0.29, 0.717) is 12.8 Å². The third-order valence-corrected chi connectivity index (χ3v) is 13.6. The van der Waals surface area contributed by atoms with Crippen molar-refractivity contribution in [3.8, 4) is 0 Å². The van der Waals surface area contributed by atoms with Crippen LogP contribution in [0.4, 0.5) is 0 Å². The number of esters is 2. The summed E-state index contributed by atoms with van der Waals surface area (Å²) < 4.78 is 10.7. The van der Waals surface area contributed by atoms with E-state index in [-0.39, 0.29) is 25.2 Å². The summed E-state index contributed by atoms with van der Waals surface area (Å²) in [5, 5.41) is 9.69. The number of hydrogen-bond donors (Lipinski definition) is 1. The van der Waals surface area contributed by atoms with E-state index in [9.17, 15) is 14.7 Å². The zero-order valence-electron chi connectivity index (χ0n) is 50.6. The van der Waals surface area contributed by atoms with Gasteiger partial charge in [0.15, 0.2) is 6.10 Å². The molecule has 0 amide bonds. The van der Waals surface area contributed by atoms with Gasteiger partial charge in [0, 0.05) is 12.8 Å². The van der Waals surface area contributed by atoms with Crippen LogP contribution in [0, 0.1) is 0 Å². The predicted octanol–water partition coefficient (Wildman–Crippen LogP) is 22.5. The first-order valence-corrected chi connectivity index (χ1v) is 32.4. The summed E-state index contributed by atoms with van der Waals surface area (Å²) in [5.41, 5.74) is 0. The summed E-state index contributed by atoms with van der Waals surface area (Å²) in [4.78, 5) is 24.6. The first kappa shape index (κ1) is 73.8. The molecule has 0 aromatic rings. The van der Waals surface area contributed by atoms with Crippen LogP contribution in [-0.2, 0) is 19.1 Å². The molecule has 0 heterocycles. The minimum Gasteiger partial charge on any atom is -0.462 e. The quantitative estimate of drug-likeness (QED) is 0.0373. The van der Waals surface area contributed by atoms with Crippen molar-refractivity contribution in [1.82, 2.24) is 0 Å². The van der Waals surface area contributed by atoms with Crippen LogP contribution in [0.25, 0.3) is 0 Å². The van der Waals surface area contributed by atoms with Crippen LogP contribution in [0.2, 0.25) is 0 Å². The predicted molar refractivity (Wildman–Crippen MR) is 343 cm³/mol. The number of ether oxygens (including phenoxy) is 2. The Morgan fingerprint density at radius 1 is 0.308 bits per heavy atom. The molecule has 5 nitrogen and oxygen atoms in total. The number of aliphatic hydroxyl groups excluding tert-OH is 1. The molecule has 442 valence electrons. The molecule has 0 aliphatic carbocycles. The number of unbranched alkanes of at least 4 members (excludes halogenated alkanes) is 26. The largest absolute Gasteiger partial charge is 0.462 e. The molecule has 0 saturated heterocycles. The smallest absolute Gasteiger partial charge is 0.306 e. The van der Waals surface area contributed by atoms with Gasteiger partial charge in [0.25, 0.3) is 0 Å². The molecular weight excluding hydrogens is 957 g/mol. The van der Waals surface area contributed by atoms with Crippen molar-refractivity contribution >= 4 is 11.9 Å². The Hall–Kier alpha value is -4.22. The fourth-order valence-electron chi connectivity index (χ4n) is 8.79. The number of allylic oxidation sites excluding steroid dienone is 24. The van der Waals surface area contributed by atoms with Gasteiger partial charge in [-0.25, -0.2) is 0 Å². The van der Waals surface area contributed by atoms with Crippen LogP contribution < -0.4 is 0 Å². The molecule has 0 fully saturated rings. The highest BCUT2D eigenvalue weighted by molar-refractivity contribution is 5.70. The second-order valence-corrected chi connectivity index (χ2v) is 21.1. The number of aliphatic hydroxyl groups is 1. The average molecular weight is 1080 g/mol. The Bertz CT molecular complexity index is 1650. The van der Waals surface area contributed by atoms with Crippen molar-refractivity contribution in [2.45, 2.75) is 290 Å². The summed E-state index contributed by atoms with van der Waals surface area (Å²) in [7, 11) is 0. The van der Waals surface area contributed by atoms with Crippen LogP contribution in [-0.4, -0.2) is 36.4 Å². The molecule has 0 aromatic heterocycles. The lowest BCUT2D eigenvalue weighted by Gasteiger charge is -2.15. The van der Waals surface area contributed by atoms with Gasteiger partial charge >= 0.3 is 11.9 Å². The van der Waals surface area contributed by atoms with Crippen molar-refractivity contribution in [2.24, 2.45) is 0 Å². The van der Waals surface area contributed by atoms with Crippen LogP contribution >= 0.6 is 0 Å². The van der Waals surface area contributed by atoms with Gasteiger partial charge in [-0.05, 0) is 122 Å². The normalized spacial score (nSPS) is 13.2. The number of carbonyl (C=O) groups excluding carboxylic acids is 2. The highest BCUT2D eigenvalue weighted by Gasteiger charge is 2.16. The molecule has 1 unspecified atom stereocenters. The zero-order valence-corrected chi connectivity index (χ0v) is 50.6. The lowest BCUT2D eigenvalue weighted by atomic mass is 10.0. The molecule has 0 rings (SSSR count). The van der Waals surface area contributed by atoms with E-state index in [1.807, 2.05) is 0 Å². The summed E-state index contributed by atoms with van der Waals surface area (Å²) in [6.45, 7) is 4.02. The molecule has 0 aromatic carbocycles. The van der Waals surface area contributed by atoms with E-state index in [0.717, 1.165) is 116 Å². The Labute approximate surface area is 482 Å². The van der Waals surface area contributed by atoms with Crippen molar-refractivity contribution in [1.29, 1.82) is 0 Å². The molecule has 0 spiro atoms. The minimum absolute atomic E-state index is 0.0763. The van der Waals surface area contributed by atoms with Crippen molar-refractivity contribution in [3.63, 3.8) is 0 Å². The molecule has 0 aliphatic heterocycles. The number of carbonyl (C=O) groups is 2. The van der Waals surface area contributed by atoms with Gasteiger partial charge in [0.2, 0.25) is 0 Å². The molecule has 78 heavy (non-hydrogen) atoms. The van der Waals surface area contributed by atoms with Crippen molar-refractivity contribution in [3.05, 3.63) is 146 Å². The second-order valence-electron chi connectivity index (χ2n) is 21.1. The summed E-state index contributed by atoms with van der Waals surface area (Å²) in [5.74, 6) is -0.602. The van der Waals surface area contributed by atoms with Crippen LogP contribution in [0.3, 0.4) is 0 Å². The third kappa shape index (κ3) is 64.3. The van der Waals surface area contributed by atoms with Gasteiger partial charge in [-0.15, -0.1) is 0 Å².